The third-order valence-electron chi connectivity index (χ3n) is 6.65. The second-order valence-electron chi connectivity index (χ2n) is 9.41. The summed E-state index contributed by atoms with van der Waals surface area (Å²) in [5.41, 5.74) is 8.85. The van der Waals surface area contributed by atoms with Crippen LogP contribution in [0.25, 0.3) is 0 Å². The predicted molar refractivity (Wildman–Crippen MR) is 147 cm³/mol. The van der Waals surface area contributed by atoms with E-state index in [-0.39, 0.29) is 11.9 Å². The van der Waals surface area contributed by atoms with Gasteiger partial charge in [-0.2, -0.15) is 0 Å². The molecule has 0 bridgehead atoms. The van der Waals surface area contributed by atoms with Crippen molar-refractivity contribution in [2.24, 2.45) is 5.73 Å². The summed E-state index contributed by atoms with van der Waals surface area (Å²) >= 11 is 0. The molecule has 38 heavy (non-hydrogen) atoms. The van der Waals surface area contributed by atoms with Crippen molar-refractivity contribution >= 4 is 21.2 Å². The molecule has 2 heterocycles. The van der Waals surface area contributed by atoms with Gasteiger partial charge in [-0.3, -0.25) is 0 Å². The molecule has 0 amide bonds. The Morgan fingerprint density at radius 2 is 1.97 bits per heavy atom. The van der Waals surface area contributed by atoms with E-state index in [4.69, 9.17) is 10.5 Å². The molecule has 2 aliphatic rings. The molecule has 0 radical (unpaired) electrons. The number of methoxy groups -OCH3 is 1. The number of allylic oxidation sites excluding steroid dienone is 3. The Kier molecular flexibility index (Phi) is 10.6. The maximum Gasteiger partial charge on any atom is 0.239 e. The van der Waals surface area contributed by atoms with Crippen LogP contribution in [0.3, 0.4) is 0 Å². The number of halogens is 3. The highest BCUT2D eigenvalue weighted by Gasteiger charge is 2.42. The molecule has 2 unspecified atom stereocenters. The first-order valence-electron chi connectivity index (χ1n) is 12.5. The zero-order valence-electron chi connectivity index (χ0n) is 23.1. The van der Waals surface area contributed by atoms with Crippen LogP contribution < -0.4 is 21.3 Å². The van der Waals surface area contributed by atoms with Crippen LogP contribution in [0.5, 0.6) is 0 Å². The molecule has 2 aliphatic heterocycles. The number of hydrogen-bond acceptors (Lipinski definition) is 8. The van der Waals surface area contributed by atoms with Gasteiger partial charge in [-0.25, -0.2) is 21.6 Å². The Morgan fingerprint density at radius 3 is 2.58 bits per heavy atom. The molecule has 214 valence electrons. The molecule has 0 saturated heterocycles. The predicted octanol–water partition coefficient (Wildman–Crippen LogP) is 4.01. The fourth-order valence-electron chi connectivity index (χ4n) is 4.25. The SMILES string of the molecule is CC.COC1=CC2=C(C(Nc3ccc(F)c(N(C)C(N)C(C)(C)S(=O)(=O)CCC(F)F)c3)NC=C2)N(C)C1. The molecule has 0 saturated carbocycles. The average molecular weight is 560 g/mol. The first-order chi connectivity index (χ1) is 17.8. The Morgan fingerprint density at radius 1 is 1.32 bits per heavy atom. The topological polar surface area (TPSA) is 99.9 Å². The Bertz CT molecular complexity index is 1170. The van der Waals surface area contributed by atoms with Crippen molar-refractivity contribution < 1.29 is 26.3 Å². The van der Waals surface area contributed by atoms with Gasteiger partial charge in [0.15, 0.2) is 9.84 Å². The number of nitrogens with two attached hydrogens (primary N) is 1. The molecule has 3 rings (SSSR count). The zero-order valence-corrected chi connectivity index (χ0v) is 23.9. The Hall–Kier alpha value is -2.86. The minimum absolute atomic E-state index is 0.0729. The van der Waals surface area contributed by atoms with Gasteiger partial charge in [0.1, 0.15) is 17.7 Å². The normalized spacial score (nSPS) is 18.2. The maximum absolute atomic E-state index is 14.9. The van der Waals surface area contributed by atoms with Crippen molar-refractivity contribution in [1.29, 1.82) is 0 Å². The average Bonchev–Trinajstić information content (AvgIpc) is 2.88. The second kappa shape index (κ2) is 12.8. The van der Waals surface area contributed by atoms with E-state index >= 15 is 0 Å². The molecule has 0 aromatic heterocycles. The largest absolute Gasteiger partial charge is 0.499 e. The lowest BCUT2D eigenvalue weighted by molar-refractivity contribution is 0.144. The van der Waals surface area contributed by atoms with Gasteiger partial charge in [0.05, 0.1) is 41.7 Å². The number of benzene rings is 1. The summed E-state index contributed by atoms with van der Waals surface area (Å²) in [5.74, 6) is -0.487. The number of ether oxygens (including phenoxy) is 1. The van der Waals surface area contributed by atoms with Gasteiger partial charge in [-0.1, -0.05) is 13.8 Å². The van der Waals surface area contributed by atoms with Crippen LogP contribution in [0, 0.1) is 5.82 Å². The minimum Gasteiger partial charge on any atom is -0.499 e. The zero-order chi connectivity index (χ0) is 28.8. The van der Waals surface area contributed by atoms with Crippen molar-refractivity contribution in [2.45, 2.75) is 57.6 Å². The van der Waals surface area contributed by atoms with Crippen LogP contribution in [0.15, 0.2) is 53.6 Å². The third kappa shape index (κ3) is 6.76. The molecular weight excluding hydrogens is 519 g/mol. The van der Waals surface area contributed by atoms with Crippen molar-refractivity contribution in [2.75, 3.05) is 43.7 Å². The number of hydrogen-bond donors (Lipinski definition) is 3. The van der Waals surface area contributed by atoms with E-state index in [2.05, 4.69) is 10.6 Å². The molecule has 1 aromatic carbocycles. The lowest BCUT2D eigenvalue weighted by Crippen LogP contribution is -2.58. The summed E-state index contributed by atoms with van der Waals surface area (Å²) in [6.45, 7) is 7.31. The van der Waals surface area contributed by atoms with Gasteiger partial charge in [0, 0.05) is 31.8 Å². The highest BCUT2D eigenvalue weighted by atomic mass is 32.2. The minimum atomic E-state index is -4.01. The first kappa shape index (κ1) is 31.4. The monoisotopic (exact) mass is 559 g/mol. The van der Waals surface area contributed by atoms with Gasteiger partial charge >= 0.3 is 0 Å². The number of alkyl halides is 2. The van der Waals surface area contributed by atoms with E-state index in [1.165, 1.54) is 37.9 Å². The van der Waals surface area contributed by atoms with E-state index in [9.17, 15) is 21.6 Å². The molecule has 0 spiro atoms. The van der Waals surface area contributed by atoms with E-state index in [1.54, 1.807) is 19.4 Å². The fourth-order valence-corrected chi connectivity index (χ4v) is 5.79. The third-order valence-corrected chi connectivity index (χ3v) is 9.27. The number of anilines is 2. The van der Waals surface area contributed by atoms with Crippen molar-refractivity contribution in [3.63, 3.8) is 0 Å². The lowest BCUT2D eigenvalue weighted by Gasteiger charge is -2.39. The number of rotatable bonds is 10. The molecule has 2 atom stereocenters. The highest BCUT2D eigenvalue weighted by Crippen LogP contribution is 2.32. The van der Waals surface area contributed by atoms with Gasteiger partial charge in [0.2, 0.25) is 6.43 Å². The van der Waals surface area contributed by atoms with E-state index < -0.39 is 45.2 Å². The van der Waals surface area contributed by atoms with Crippen LogP contribution in [0.1, 0.15) is 34.1 Å². The standard InChI is InChI=1S/C24H34F3N5O3S.C2H6/c1-24(2,36(33,34)11-9-20(26)27)23(28)32(4)19-13-16(6-7-18(19)25)30-22-21-15(8-10-29-22)12-17(35-5)14-31(21)3;1-2/h6-8,10,12-13,20,22-23,29-30H,9,11,14,28H2,1-5H3;1-2H3. The number of sulfone groups is 1. The summed E-state index contributed by atoms with van der Waals surface area (Å²) in [6.07, 6.45) is 0.640. The van der Waals surface area contributed by atoms with Crippen LogP contribution in [-0.2, 0) is 14.6 Å². The second-order valence-corrected chi connectivity index (χ2v) is 12.1. The maximum atomic E-state index is 14.9. The van der Waals surface area contributed by atoms with Gasteiger partial charge < -0.3 is 30.9 Å². The molecule has 1 aromatic rings. The van der Waals surface area contributed by atoms with E-state index in [0.29, 0.717) is 12.2 Å². The molecule has 4 N–H and O–H groups in total. The Balaban J connectivity index is 0.00000247. The van der Waals surface area contributed by atoms with Crippen molar-refractivity contribution in [1.82, 2.24) is 10.2 Å². The summed E-state index contributed by atoms with van der Waals surface area (Å²) < 4.78 is 69.5. The molecule has 0 aliphatic carbocycles. The summed E-state index contributed by atoms with van der Waals surface area (Å²) in [5, 5.41) is 6.59. The van der Waals surface area contributed by atoms with Crippen LogP contribution in [0.4, 0.5) is 24.5 Å². The number of nitrogens with zero attached hydrogens (tertiary/aromatic N) is 2. The van der Waals surface area contributed by atoms with Gasteiger partial charge in [0.25, 0.3) is 0 Å². The van der Waals surface area contributed by atoms with Crippen LogP contribution >= 0.6 is 0 Å². The van der Waals surface area contributed by atoms with Gasteiger partial charge in [-0.05, 0) is 50.4 Å². The highest BCUT2D eigenvalue weighted by molar-refractivity contribution is 7.92. The van der Waals surface area contributed by atoms with Crippen molar-refractivity contribution in [3.05, 3.63) is 59.4 Å². The fraction of sp³-hybridized carbons (Fsp3) is 0.538. The molecule has 12 heteroatoms. The summed E-state index contributed by atoms with van der Waals surface area (Å²) in [7, 11) is 1.03. The van der Waals surface area contributed by atoms with E-state index in [1.807, 2.05) is 37.9 Å². The lowest BCUT2D eigenvalue weighted by atomic mass is 10.0. The number of nitrogens with one attached hydrogen (secondary N) is 2. The smallest absolute Gasteiger partial charge is 0.239 e. The van der Waals surface area contributed by atoms with E-state index in [0.717, 1.165) is 17.0 Å². The first-order valence-corrected chi connectivity index (χ1v) is 14.1. The summed E-state index contributed by atoms with van der Waals surface area (Å²) in [4.78, 5) is 3.36. The Labute approximate surface area is 224 Å². The quantitative estimate of drug-likeness (QED) is 0.370. The van der Waals surface area contributed by atoms with Crippen LogP contribution in [0.2, 0.25) is 0 Å². The number of dihydropyridines is 1. The molecular formula is C26H40F3N5O3S. The van der Waals surface area contributed by atoms with Crippen LogP contribution in [-0.4, -0.2) is 70.3 Å². The van der Waals surface area contributed by atoms with Gasteiger partial charge in [-0.15, -0.1) is 0 Å². The summed E-state index contributed by atoms with van der Waals surface area (Å²) in [6, 6.07) is 4.37. The van der Waals surface area contributed by atoms with Crippen molar-refractivity contribution in [3.8, 4) is 0 Å². The molecule has 8 nitrogen and oxygen atoms in total. The number of likely N-dealkylation sites (N-methyl/N-ethyl adjacent to an activating group) is 1. The molecule has 0 fully saturated rings.